The van der Waals surface area contributed by atoms with E-state index in [1.807, 2.05) is 18.5 Å². The van der Waals surface area contributed by atoms with Crippen LogP contribution >= 0.6 is 22.7 Å². The number of aromatic nitrogens is 4. The number of nitrogens with zero attached hydrogens (tertiary/aromatic N) is 4. The molecular weight excluding hydrogens is 216 g/mol. The van der Waals surface area contributed by atoms with E-state index in [2.05, 4.69) is 15.1 Å². The molecular formula is C8H6N4S2. The van der Waals surface area contributed by atoms with E-state index in [1.54, 1.807) is 33.4 Å². The predicted molar refractivity (Wildman–Crippen MR) is 56.7 cm³/mol. The Kier molecular flexibility index (Phi) is 1.65. The standard InChI is InChI=1S/C8H6N4S2/c1-5-11-12-4-6(10-8(12)14-5)7-9-2-3-13-7/h2-4H,1H3. The minimum absolute atomic E-state index is 0.902. The highest BCUT2D eigenvalue weighted by molar-refractivity contribution is 7.16. The molecule has 0 aromatic carbocycles. The Bertz CT molecular complexity index is 532. The molecule has 3 aromatic rings. The average molecular weight is 222 g/mol. The average Bonchev–Trinajstić information content (AvgIpc) is 2.74. The minimum Gasteiger partial charge on any atom is -0.243 e. The maximum Gasteiger partial charge on any atom is 0.212 e. The van der Waals surface area contributed by atoms with Gasteiger partial charge in [-0.15, -0.1) is 11.3 Å². The van der Waals surface area contributed by atoms with Crippen molar-refractivity contribution in [3.05, 3.63) is 22.8 Å². The van der Waals surface area contributed by atoms with Gasteiger partial charge in [0, 0.05) is 11.6 Å². The lowest BCUT2D eigenvalue weighted by Gasteiger charge is -1.83. The highest BCUT2D eigenvalue weighted by atomic mass is 32.1. The van der Waals surface area contributed by atoms with Crippen molar-refractivity contribution in [2.75, 3.05) is 0 Å². The fourth-order valence-electron chi connectivity index (χ4n) is 1.25. The number of hydrogen-bond acceptors (Lipinski definition) is 5. The van der Waals surface area contributed by atoms with E-state index in [0.717, 1.165) is 20.7 Å². The van der Waals surface area contributed by atoms with E-state index in [9.17, 15) is 0 Å². The lowest BCUT2D eigenvalue weighted by atomic mass is 10.5. The van der Waals surface area contributed by atoms with Crippen LogP contribution in [0.15, 0.2) is 17.8 Å². The number of imidazole rings is 1. The molecule has 0 aliphatic rings. The van der Waals surface area contributed by atoms with Gasteiger partial charge in [0.25, 0.3) is 0 Å². The van der Waals surface area contributed by atoms with Crippen molar-refractivity contribution in [3.63, 3.8) is 0 Å². The molecule has 0 aliphatic carbocycles. The van der Waals surface area contributed by atoms with Gasteiger partial charge in [-0.05, 0) is 6.92 Å². The van der Waals surface area contributed by atoms with Crippen LogP contribution in [0.25, 0.3) is 15.7 Å². The monoisotopic (exact) mass is 222 g/mol. The van der Waals surface area contributed by atoms with E-state index >= 15 is 0 Å². The predicted octanol–water partition coefficient (Wildman–Crippen LogP) is 2.22. The maximum atomic E-state index is 4.44. The second kappa shape index (κ2) is 2.86. The molecule has 0 amide bonds. The van der Waals surface area contributed by atoms with Crippen LogP contribution in [-0.2, 0) is 0 Å². The van der Waals surface area contributed by atoms with Gasteiger partial charge in [0.1, 0.15) is 15.7 Å². The number of fused-ring (bicyclic) bond motifs is 1. The Morgan fingerprint density at radius 3 is 3.07 bits per heavy atom. The van der Waals surface area contributed by atoms with Crippen molar-refractivity contribution >= 4 is 27.6 Å². The molecule has 4 nitrogen and oxygen atoms in total. The molecule has 0 spiro atoms. The van der Waals surface area contributed by atoms with Gasteiger partial charge in [0.05, 0.1) is 6.20 Å². The van der Waals surface area contributed by atoms with Crippen LogP contribution in [0.4, 0.5) is 0 Å². The SMILES string of the molecule is Cc1nn2cc(-c3nccs3)nc2s1. The summed E-state index contributed by atoms with van der Waals surface area (Å²) >= 11 is 3.18. The fraction of sp³-hybridized carbons (Fsp3) is 0.125. The molecule has 3 heterocycles. The number of rotatable bonds is 1. The van der Waals surface area contributed by atoms with Crippen LogP contribution in [0.3, 0.4) is 0 Å². The van der Waals surface area contributed by atoms with Crippen LogP contribution in [0.5, 0.6) is 0 Å². The van der Waals surface area contributed by atoms with Gasteiger partial charge in [-0.3, -0.25) is 0 Å². The lowest BCUT2D eigenvalue weighted by molar-refractivity contribution is 0.946. The van der Waals surface area contributed by atoms with Crippen molar-refractivity contribution in [2.24, 2.45) is 0 Å². The molecule has 6 heteroatoms. The van der Waals surface area contributed by atoms with Crippen molar-refractivity contribution in [2.45, 2.75) is 6.92 Å². The third-order valence-electron chi connectivity index (χ3n) is 1.80. The quantitative estimate of drug-likeness (QED) is 0.634. The smallest absolute Gasteiger partial charge is 0.212 e. The zero-order chi connectivity index (χ0) is 9.54. The zero-order valence-corrected chi connectivity index (χ0v) is 8.97. The molecule has 0 N–H and O–H groups in total. The van der Waals surface area contributed by atoms with Gasteiger partial charge >= 0.3 is 0 Å². The Balaban J connectivity index is 2.20. The Labute approximate surface area is 87.9 Å². The summed E-state index contributed by atoms with van der Waals surface area (Å²) in [7, 11) is 0. The summed E-state index contributed by atoms with van der Waals surface area (Å²) in [6, 6.07) is 0. The second-order valence-corrected chi connectivity index (χ2v) is 4.87. The summed E-state index contributed by atoms with van der Waals surface area (Å²) in [5.41, 5.74) is 0.902. The molecule has 0 fully saturated rings. The minimum atomic E-state index is 0.902. The number of hydrogen-bond donors (Lipinski definition) is 0. The summed E-state index contributed by atoms with van der Waals surface area (Å²) in [6.45, 7) is 1.97. The van der Waals surface area contributed by atoms with Gasteiger partial charge in [0.2, 0.25) is 4.96 Å². The summed E-state index contributed by atoms with van der Waals surface area (Å²) < 4.78 is 1.80. The largest absolute Gasteiger partial charge is 0.243 e. The van der Waals surface area contributed by atoms with Crippen molar-refractivity contribution in [1.29, 1.82) is 0 Å². The fourth-order valence-corrected chi connectivity index (χ4v) is 2.57. The first-order valence-corrected chi connectivity index (χ1v) is 5.75. The van der Waals surface area contributed by atoms with E-state index in [4.69, 9.17) is 0 Å². The molecule has 70 valence electrons. The Morgan fingerprint density at radius 2 is 2.36 bits per heavy atom. The lowest BCUT2D eigenvalue weighted by Crippen LogP contribution is -1.79. The first-order chi connectivity index (χ1) is 6.83. The van der Waals surface area contributed by atoms with E-state index in [0.29, 0.717) is 0 Å². The van der Waals surface area contributed by atoms with E-state index < -0.39 is 0 Å². The molecule has 0 saturated carbocycles. The number of thiazole rings is 1. The normalized spacial score (nSPS) is 11.2. The van der Waals surface area contributed by atoms with E-state index in [-0.39, 0.29) is 0 Å². The third-order valence-corrected chi connectivity index (χ3v) is 3.43. The summed E-state index contributed by atoms with van der Waals surface area (Å²) in [5, 5.41) is 8.21. The van der Waals surface area contributed by atoms with Crippen LogP contribution in [0.2, 0.25) is 0 Å². The first-order valence-electron chi connectivity index (χ1n) is 4.05. The Hall–Kier alpha value is -1.27. The van der Waals surface area contributed by atoms with Gasteiger partial charge in [-0.1, -0.05) is 11.3 Å². The maximum absolute atomic E-state index is 4.44. The molecule has 3 aromatic heterocycles. The van der Waals surface area contributed by atoms with Crippen molar-refractivity contribution < 1.29 is 0 Å². The molecule has 0 saturated heterocycles. The molecule has 0 radical (unpaired) electrons. The molecule has 0 bridgehead atoms. The van der Waals surface area contributed by atoms with Gasteiger partial charge < -0.3 is 0 Å². The van der Waals surface area contributed by atoms with Crippen LogP contribution in [0.1, 0.15) is 5.01 Å². The summed E-state index contributed by atoms with van der Waals surface area (Å²) in [5.74, 6) is 0. The topological polar surface area (TPSA) is 43.1 Å². The third kappa shape index (κ3) is 1.15. The van der Waals surface area contributed by atoms with Crippen molar-refractivity contribution in [3.8, 4) is 10.7 Å². The van der Waals surface area contributed by atoms with Crippen LogP contribution in [-0.4, -0.2) is 19.6 Å². The van der Waals surface area contributed by atoms with Crippen LogP contribution < -0.4 is 0 Å². The first kappa shape index (κ1) is 8.07. The van der Waals surface area contributed by atoms with Gasteiger partial charge in [0.15, 0.2) is 0 Å². The van der Waals surface area contributed by atoms with Gasteiger partial charge in [-0.2, -0.15) is 5.10 Å². The molecule has 0 atom stereocenters. The number of aryl methyl sites for hydroxylation is 1. The Morgan fingerprint density at radius 1 is 1.43 bits per heavy atom. The molecule has 0 aliphatic heterocycles. The van der Waals surface area contributed by atoms with Crippen LogP contribution in [0, 0.1) is 6.92 Å². The van der Waals surface area contributed by atoms with Gasteiger partial charge in [-0.25, -0.2) is 14.5 Å². The van der Waals surface area contributed by atoms with Crippen molar-refractivity contribution in [1.82, 2.24) is 19.6 Å². The highest BCUT2D eigenvalue weighted by Crippen LogP contribution is 2.23. The zero-order valence-electron chi connectivity index (χ0n) is 7.34. The van der Waals surface area contributed by atoms with E-state index in [1.165, 1.54) is 0 Å². The summed E-state index contributed by atoms with van der Waals surface area (Å²) in [4.78, 5) is 9.57. The molecule has 3 rings (SSSR count). The molecule has 0 unspecified atom stereocenters. The highest BCUT2D eigenvalue weighted by Gasteiger charge is 2.08. The summed E-state index contributed by atoms with van der Waals surface area (Å²) in [6.07, 6.45) is 3.70. The second-order valence-electron chi connectivity index (χ2n) is 2.81. The molecule has 14 heavy (non-hydrogen) atoms.